The standard InChI is InChI=1S/C23H24O2.C2H6/c1-17-14-22(24-15-20-10-6-4-7-11-20)19(3)23(18(17)2)25-16-21-12-8-5-9-13-21;1-2/h4-14H,15-16H2,1-3H3;1-2H3. The van der Waals surface area contributed by atoms with Crippen LogP contribution in [-0.4, -0.2) is 0 Å². The molecule has 0 aliphatic heterocycles. The van der Waals surface area contributed by atoms with Gasteiger partial charge in [0.25, 0.3) is 0 Å². The quantitative estimate of drug-likeness (QED) is 0.480. The van der Waals surface area contributed by atoms with E-state index in [0.29, 0.717) is 13.2 Å². The van der Waals surface area contributed by atoms with Gasteiger partial charge in [-0.25, -0.2) is 0 Å². The predicted molar refractivity (Wildman–Crippen MR) is 114 cm³/mol. The summed E-state index contributed by atoms with van der Waals surface area (Å²) in [7, 11) is 0. The first kappa shape index (κ1) is 20.6. The second kappa shape index (κ2) is 10.4. The Balaban J connectivity index is 0.00000126. The first-order valence-corrected chi connectivity index (χ1v) is 9.59. The molecule has 0 heterocycles. The van der Waals surface area contributed by atoms with Crippen molar-refractivity contribution in [2.45, 2.75) is 47.8 Å². The molecule has 0 N–H and O–H groups in total. The van der Waals surface area contributed by atoms with E-state index in [0.717, 1.165) is 28.2 Å². The molecule has 0 aliphatic carbocycles. The van der Waals surface area contributed by atoms with Gasteiger partial charge in [-0.05, 0) is 49.1 Å². The Morgan fingerprint density at radius 2 is 1.11 bits per heavy atom. The third-order valence-electron chi connectivity index (χ3n) is 4.45. The summed E-state index contributed by atoms with van der Waals surface area (Å²) in [6.07, 6.45) is 0. The summed E-state index contributed by atoms with van der Waals surface area (Å²) >= 11 is 0. The van der Waals surface area contributed by atoms with Crippen LogP contribution in [0.25, 0.3) is 0 Å². The number of hydrogen-bond acceptors (Lipinski definition) is 2. The minimum Gasteiger partial charge on any atom is -0.488 e. The topological polar surface area (TPSA) is 18.5 Å². The van der Waals surface area contributed by atoms with E-state index >= 15 is 0 Å². The molecule has 0 spiro atoms. The molecule has 0 aromatic heterocycles. The van der Waals surface area contributed by atoms with Gasteiger partial charge in [-0.15, -0.1) is 0 Å². The van der Waals surface area contributed by atoms with Gasteiger partial charge in [-0.3, -0.25) is 0 Å². The van der Waals surface area contributed by atoms with Crippen molar-refractivity contribution in [1.82, 2.24) is 0 Å². The Kier molecular flexibility index (Phi) is 7.94. The summed E-state index contributed by atoms with van der Waals surface area (Å²) in [5.41, 5.74) is 5.72. The second-order valence-electron chi connectivity index (χ2n) is 6.32. The number of benzene rings is 3. The highest BCUT2D eigenvalue weighted by Gasteiger charge is 2.13. The molecular weight excluding hydrogens is 332 g/mol. The van der Waals surface area contributed by atoms with E-state index in [-0.39, 0.29) is 0 Å². The zero-order chi connectivity index (χ0) is 19.6. The van der Waals surface area contributed by atoms with Gasteiger partial charge < -0.3 is 9.47 Å². The lowest BCUT2D eigenvalue weighted by Gasteiger charge is -2.18. The van der Waals surface area contributed by atoms with Gasteiger partial charge in [-0.1, -0.05) is 74.5 Å². The van der Waals surface area contributed by atoms with Crippen LogP contribution in [0.3, 0.4) is 0 Å². The summed E-state index contributed by atoms with van der Waals surface area (Å²) in [5, 5.41) is 0. The number of aryl methyl sites for hydroxylation is 1. The number of ether oxygens (including phenoxy) is 2. The highest BCUT2D eigenvalue weighted by molar-refractivity contribution is 5.52. The Morgan fingerprint density at radius 1 is 0.630 bits per heavy atom. The van der Waals surface area contributed by atoms with E-state index in [2.05, 4.69) is 51.1 Å². The maximum Gasteiger partial charge on any atom is 0.129 e. The molecule has 0 bridgehead atoms. The molecule has 0 atom stereocenters. The van der Waals surface area contributed by atoms with E-state index in [1.54, 1.807) is 0 Å². The molecule has 27 heavy (non-hydrogen) atoms. The smallest absolute Gasteiger partial charge is 0.129 e. The van der Waals surface area contributed by atoms with Crippen LogP contribution in [0, 0.1) is 20.8 Å². The minimum absolute atomic E-state index is 0.558. The molecule has 2 nitrogen and oxygen atoms in total. The Hall–Kier alpha value is -2.74. The van der Waals surface area contributed by atoms with Gasteiger partial charge in [0.2, 0.25) is 0 Å². The number of hydrogen-bond donors (Lipinski definition) is 0. The average Bonchev–Trinajstić information content (AvgIpc) is 2.73. The molecule has 0 amide bonds. The summed E-state index contributed by atoms with van der Waals surface area (Å²) in [5.74, 6) is 1.81. The third kappa shape index (κ3) is 5.62. The summed E-state index contributed by atoms with van der Waals surface area (Å²) in [6, 6.07) is 22.5. The molecule has 0 fully saturated rings. The molecular formula is C25H30O2. The van der Waals surface area contributed by atoms with E-state index < -0.39 is 0 Å². The predicted octanol–water partition coefficient (Wildman–Crippen LogP) is 6.80. The van der Waals surface area contributed by atoms with Crippen LogP contribution in [0.5, 0.6) is 11.5 Å². The molecule has 0 radical (unpaired) electrons. The van der Waals surface area contributed by atoms with Crippen LogP contribution < -0.4 is 9.47 Å². The molecule has 0 saturated heterocycles. The Morgan fingerprint density at radius 3 is 1.63 bits per heavy atom. The van der Waals surface area contributed by atoms with Gasteiger partial charge in [0.15, 0.2) is 0 Å². The van der Waals surface area contributed by atoms with Crippen molar-refractivity contribution in [2.24, 2.45) is 0 Å². The summed E-state index contributed by atoms with van der Waals surface area (Å²) in [4.78, 5) is 0. The molecule has 2 heteroatoms. The monoisotopic (exact) mass is 362 g/mol. The summed E-state index contributed by atoms with van der Waals surface area (Å²) in [6.45, 7) is 11.4. The van der Waals surface area contributed by atoms with Crippen LogP contribution in [-0.2, 0) is 13.2 Å². The normalized spacial score (nSPS) is 9.96. The van der Waals surface area contributed by atoms with Gasteiger partial charge in [-0.2, -0.15) is 0 Å². The Labute approximate surface area is 163 Å². The molecule has 3 aromatic rings. The van der Waals surface area contributed by atoms with Crippen molar-refractivity contribution >= 4 is 0 Å². The van der Waals surface area contributed by atoms with Gasteiger partial charge in [0.05, 0.1) is 0 Å². The zero-order valence-corrected chi connectivity index (χ0v) is 17.1. The van der Waals surface area contributed by atoms with Crippen LogP contribution >= 0.6 is 0 Å². The van der Waals surface area contributed by atoms with E-state index in [1.807, 2.05) is 50.2 Å². The SMILES string of the molecule is CC.Cc1cc(OCc2ccccc2)c(C)c(OCc2ccccc2)c1C. The molecule has 0 unspecified atom stereocenters. The summed E-state index contributed by atoms with van der Waals surface area (Å²) < 4.78 is 12.2. The third-order valence-corrected chi connectivity index (χ3v) is 4.45. The first-order valence-electron chi connectivity index (χ1n) is 9.59. The van der Waals surface area contributed by atoms with Crippen molar-refractivity contribution in [3.63, 3.8) is 0 Å². The van der Waals surface area contributed by atoms with E-state index in [1.165, 1.54) is 11.1 Å². The van der Waals surface area contributed by atoms with Gasteiger partial charge >= 0.3 is 0 Å². The molecule has 0 saturated carbocycles. The van der Waals surface area contributed by atoms with Crippen LogP contribution in [0.2, 0.25) is 0 Å². The van der Waals surface area contributed by atoms with Gasteiger partial charge in [0.1, 0.15) is 24.7 Å². The van der Waals surface area contributed by atoms with Gasteiger partial charge in [0, 0.05) is 5.56 Å². The lowest BCUT2D eigenvalue weighted by Crippen LogP contribution is -2.03. The highest BCUT2D eigenvalue weighted by Crippen LogP contribution is 2.34. The molecule has 142 valence electrons. The zero-order valence-electron chi connectivity index (χ0n) is 17.1. The lowest BCUT2D eigenvalue weighted by atomic mass is 10.0. The molecule has 3 rings (SSSR count). The van der Waals surface area contributed by atoms with E-state index in [4.69, 9.17) is 9.47 Å². The maximum atomic E-state index is 6.15. The maximum absolute atomic E-state index is 6.15. The fraction of sp³-hybridized carbons (Fsp3) is 0.280. The minimum atomic E-state index is 0.558. The fourth-order valence-corrected chi connectivity index (χ4v) is 2.82. The van der Waals surface area contributed by atoms with E-state index in [9.17, 15) is 0 Å². The first-order chi connectivity index (χ1) is 13.1. The van der Waals surface area contributed by atoms with Crippen LogP contribution in [0.1, 0.15) is 41.7 Å². The lowest BCUT2D eigenvalue weighted by molar-refractivity contribution is 0.284. The largest absolute Gasteiger partial charge is 0.488 e. The fourth-order valence-electron chi connectivity index (χ4n) is 2.82. The average molecular weight is 363 g/mol. The van der Waals surface area contributed by atoms with Crippen molar-refractivity contribution in [3.05, 3.63) is 94.5 Å². The molecule has 3 aromatic carbocycles. The highest BCUT2D eigenvalue weighted by atomic mass is 16.5. The van der Waals surface area contributed by atoms with Crippen LogP contribution in [0.4, 0.5) is 0 Å². The van der Waals surface area contributed by atoms with Crippen molar-refractivity contribution in [2.75, 3.05) is 0 Å². The van der Waals surface area contributed by atoms with Crippen molar-refractivity contribution in [3.8, 4) is 11.5 Å². The van der Waals surface area contributed by atoms with Crippen LogP contribution in [0.15, 0.2) is 66.7 Å². The Bertz CT molecular complexity index is 824. The number of rotatable bonds is 6. The van der Waals surface area contributed by atoms with Crippen molar-refractivity contribution in [1.29, 1.82) is 0 Å². The van der Waals surface area contributed by atoms with Crippen molar-refractivity contribution < 1.29 is 9.47 Å². The second-order valence-corrected chi connectivity index (χ2v) is 6.32. The molecule has 0 aliphatic rings.